The molecule has 144 valence electrons. The van der Waals surface area contributed by atoms with Gasteiger partial charge in [0.2, 0.25) is 0 Å². The Labute approximate surface area is 151 Å². The fraction of sp³-hybridized carbons (Fsp3) is 0.176. The van der Waals surface area contributed by atoms with Crippen LogP contribution in [0.4, 0.5) is 13.2 Å². The zero-order chi connectivity index (χ0) is 20.4. The summed E-state index contributed by atoms with van der Waals surface area (Å²) < 4.78 is 38.1. The lowest BCUT2D eigenvalue weighted by atomic mass is 10.1. The van der Waals surface area contributed by atoms with Crippen LogP contribution in [0.25, 0.3) is 0 Å². The SMILES string of the molecule is Cc1cc(O)cc(O)c1C(=O)NNC(=O)C(O)c1cccc(C(F)(F)F)c1. The van der Waals surface area contributed by atoms with Crippen LogP contribution in [0.3, 0.4) is 0 Å². The summed E-state index contributed by atoms with van der Waals surface area (Å²) in [5, 5.41) is 28.9. The van der Waals surface area contributed by atoms with Gasteiger partial charge in [0.1, 0.15) is 11.5 Å². The van der Waals surface area contributed by atoms with Gasteiger partial charge in [-0.25, -0.2) is 0 Å². The van der Waals surface area contributed by atoms with Crippen LogP contribution in [0.15, 0.2) is 36.4 Å². The zero-order valence-electron chi connectivity index (χ0n) is 13.8. The molecule has 0 aliphatic rings. The van der Waals surface area contributed by atoms with Crippen molar-refractivity contribution < 1.29 is 38.1 Å². The first kappa shape index (κ1) is 20.0. The van der Waals surface area contributed by atoms with Gasteiger partial charge < -0.3 is 15.3 Å². The molecule has 2 aromatic rings. The van der Waals surface area contributed by atoms with Crippen molar-refractivity contribution in [1.82, 2.24) is 10.9 Å². The number of phenols is 2. The molecule has 7 nitrogen and oxygen atoms in total. The third-order valence-corrected chi connectivity index (χ3v) is 3.60. The minimum absolute atomic E-state index is 0.206. The lowest BCUT2D eigenvalue weighted by Gasteiger charge is -2.15. The Morgan fingerprint density at radius 3 is 2.33 bits per heavy atom. The van der Waals surface area contributed by atoms with Gasteiger partial charge in [-0.3, -0.25) is 20.4 Å². The van der Waals surface area contributed by atoms with E-state index in [9.17, 15) is 38.1 Å². The fourth-order valence-electron chi connectivity index (χ4n) is 2.33. The number of benzene rings is 2. The Morgan fingerprint density at radius 1 is 1.07 bits per heavy atom. The summed E-state index contributed by atoms with van der Waals surface area (Å²) in [6.45, 7) is 1.42. The fourth-order valence-corrected chi connectivity index (χ4v) is 2.33. The third kappa shape index (κ3) is 4.67. The van der Waals surface area contributed by atoms with Crippen LogP contribution in [-0.2, 0) is 11.0 Å². The maximum Gasteiger partial charge on any atom is 0.416 e. The van der Waals surface area contributed by atoms with Gasteiger partial charge in [-0.15, -0.1) is 0 Å². The molecule has 0 saturated carbocycles. The average molecular weight is 384 g/mol. The van der Waals surface area contributed by atoms with Crippen molar-refractivity contribution >= 4 is 11.8 Å². The standard InChI is InChI=1S/C17H15F3N2O5/c1-8-5-11(23)7-12(24)13(8)15(26)21-22-16(27)14(25)9-3-2-4-10(6-9)17(18,19)20/h2-7,14,23-25H,1H3,(H,21,26)(H,22,27). The summed E-state index contributed by atoms with van der Waals surface area (Å²) in [7, 11) is 0. The number of halogens is 3. The molecule has 10 heteroatoms. The number of phenolic OH excluding ortho intramolecular Hbond substituents is 2. The number of nitrogens with one attached hydrogen (secondary N) is 2. The molecule has 0 saturated heterocycles. The van der Waals surface area contributed by atoms with Crippen LogP contribution >= 0.6 is 0 Å². The number of hydrazine groups is 1. The van der Waals surface area contributed by atoms with E-state index in [0.29, 0.717) is 6.07 Å². The Hall–Kier alpha value is -3.27. The lowest BCUT2D eigenvalue weighted by molar-refractivity contribution is -0.138. The van der Waals surface area contributed by atoms with E-state index < -0.39 is 35.4 Å². The second-order valence-corrected chi connectivity index (χ2v) is 5.63. The highest BCUT2D eigenvalue weighted by atomic mass is 19.4. The molecule has 0 aliphatic heterocycles. The molecule has 0 spiro atoms. The second-order valence-electron chi connectivity index (χ2n) is 5.63. The number of alkyl halides is 3. The van der Waals surface area contributed by atoms with Crippen LogP contribution in [0, 0.1) is 6.92 Å². The van der Waals surface area contributed by atoms with E-state index in [-0.39, 0.29) is 22.4 Å². The van der Waals surface area contributed by atoms with Gasteiger partial charge in [0, 0.05) is 6.07 Å². The molecular formula is C17H15F3N2O5. The highest BCUT2D eigenvalue weighted by Gasteiger charge is 2.31. The number of aliphatic hydroxyl groups excluding tert-OH is 1. The Balaban J connectivity index is 2.09. The summed E-state index contributed by atoms with van der Waals surface area (Å²) >= 11 is 0. The molecule has 1 atom stereocenters. The van der Waals surface area contributed by atoms with Crippen molar-refractivity contribution in [1.29, 1.82) is 0 Å². The molecule has 0 fully saturated rings. The van der Waals surface area contributed by atoms with E-state index in [0.717, 1.165) is 24.3 Å². The molecule has 2 amide bonds. The quantitative estimate of drug-likeness (QED) is 0.518. The van der Waals surface area contributed by atoms with Gasteiger partial charge in [0.15, 0.2) is 6.10 Å². The summed E-state index contributed by atoms with van der Waals surface area (Å²) in [6.07, 6.45) is -6.61. The molecule has 0 aromatic heterocycles. The zero-order valence-corrected chi connectivity index (χ0v) is 13.8. The summed E-state index contributed by atoms with van der Waals surface area (Å²) in [5.41, 5.74) is 2.41. The van der Waals surface area contributed by atoms with Gasteiger partial charge in [-0.1, -0.05) is 12.1 Å². The molecular weight excluding hydrogens is 369 g/mol. The summed E-state index contributed by atoms with van der Waals surface area (Å²) in [5.74, 6) is -2.95. The molecule has 27 heavy (non-hydrogen) atoms. The van der Waals surface area contributed by atoms with Crippen molar-refractivity contribution in [2.75, 3.05) is 0 Å². The van der Waals surface area contributed by atoms with Crippen LogP contribution in [-0.4, -0.2) is 27.1 Å². The molecule has 0 aliphatic carbocycles. The highest BCUT2D eigenvalue weighted by Crippen LogP contribution is 2.31. The minimum atomic E-state index is -4.64. The predicted octanol–water partition coefficient (Wildman–Crippen LogP) is 1.92. The molecule has 0 radical (unpaired) electrons. The second kappa shape index (κ2) is 7.54. The van der Waals surface area contributed by atoms with E-state index in [1.165, 1.54) is 13.0 Å². The van der Waals surface area contributed by atoms with Crippen molar-refractivity contribution in [3.05, 3.63) is 58.7 Å². The molecule has 0 bridgehead atoms. The van der Waals surface area contributed by atoms with Crippen LogP contribution < -0.4 is 10.9 Å². The Bertz CT molecular complexity index is 860. The maximum absolute atomic E-state index is 12.7. The minimum Gasteiger partial charge on any atom is -0.508 e. The number of carbonyl (C=O) groups is 2. The number of rotatable bonds is 3. The lowest BCUT2D eigenvalue weighted by Crippen LogP contribution is -2.44. The van der Waals surface area contributed by atoms with Crippen molar-refractivity contribution in [2.45, 2.75) is 19.2 Å². The van der Waals surface area contributed by atoms with E-state index >= 15 is 0 Å². The Morgan fingerprint density at radius 2 is 1.74 bits per heavy atom. The first-order chi connectivity index (χ1) is 12.5. The van der Waals surface area contributed by atoms with Crippen molar-refractivity contribution in [3.8, 4) is 11.5 Å². The highest BCUT2D eigenvalue weighted by molar-refractivity contribution is 5.99. The first-order valence-electron chi connectivity index (χ1n) is 7.48. The number of amides is 2. The first-order valence-corrected chi connectivity index (χ1v) is 7.48. The average Bonchev–Trinajstić information content (AvgIpc) is 2.57. The van der Waals surface area contributed by atoms with E-state index in [1.807, 2.05) is 10.9 Å². The number of carbonyl (C=O) groups excluding carboxylic acids is 2. The molecule has 2 rings (SSSR count). The number of hydrogen-bond donors (Lipinski definition) is 5. The van der Waals surface area contributed by atoms with Gasteiger partial charge in [-0.2, -0.15) is 13.2 Å². The predicted molar refractivity (Wildman–Crippen MR) is 86.5 cm³/mol. The van der Waals surface area contributed by atoms with E-state index in [2.05, 4.69) is 0 Å². The van der Waals surface area contributed by atoms with Crippen molar-refractivity contribution in [3.63, 3.8) is 0 Å². The normalized spacial score (nSPS) is 12.3. The number of aliphatic hydroxyl groups is 1. The molecule has 2 aromatic carbocycles. The van der Waals surface area contributed by atoms with Gasteiger partial charge in [-0.05, 0) is 36.2 Å². The number of aryl methyl sites for hydroxylation is 1. The monoisotopic (exact) mass is 384 g/mol. The van der Waals surface area contributed by atoms with Crippen molar-refractivity contribution in [2.24, 2.45) is 0 Å². The van der Waals surface area contributed by atoms with Crippen LogP contribution in [0.5, 0.6) is 11.5 Å². The molecule has 5 N–H and O–H groups in total. The van der Waals surface area contributed by atoms with Gasteiger partial charge in [0.05, 0.1) is 11.1 Å². The summed E-state index contributed by atoms with van der Waals surface area (Å²) in [4.78, 5) is 24.0. The van der Waals surface area contributed by atoms with E-state index in [4.69, 9.17) is 0 Å². The van der Waals surface area contributed by atoms with E-state index in [1.54, 1.807) is 0 Å². The third-order valence-electron chi connectivity index (χ3n) is 3.60. The van der Waals surface area contributed by atoms with Gasteiger partial charge in [0.25, 0.3) is 11.8 Å². The smallest absolute Gasteiger partial charge is 0.416 e. The summed E-state index contributed by atoms with van der Waals surface area (Å²) in [6, 6.07) is 5.67. The molecule has 1 unspecified atom stereocenters. The Kier molecular flexibility index (Phi) is 5.60. The van der Waals surface area contributed by atoms with Crippen LogP contribution in [0.1, 0.15) is 33.2 Å². The maximum atomic E-state index is 12.7. The number of hydrogen-bond acceptors (Lipinski definition) is 5. The topological polar surface area (TPSA) is 119 Å². The largest absolute Gasteiger partial charge is 0.508 e. The van der Waals surface area contributed by atoms with Gasteiger partial charge >= 0.3 is 6.18 Å². The molecule has 0 heterocycles. The number of aromatic hydroxyl groups is 2. The van der Waals surface area contributed by atoms with Crippen LogP contribution in [0.2, 0.25) is 0 Å².